The molecule has 1 heterocycles. The molecule has 1 radical (unpaired) electrons. The summed E-state index contributed by atoms with van der Waals surface area (Å²) in [6.07, 6.45) is 3.81. The summed E-state index contributed by atoms with van der Waals surface area (Å²) in [5.41, 5.74) is 1.68. The van der Waals surface area contributed by atoms with Crippen LogP contribution in [0, 0.1) is 6.08 Å². The molecule has 4 nitrogen and oxygen atoms in total. The number of carbonyl (C=O) groups excluding carboxylic acids is 1. The minimum absolute atomic E-state index is 0. The maximum Gasteiger partial charge on any atom is 0.236 e. The van der Waals surface area contributed by atoms with Crippen LogP contribution >= 0.6 is 31.9 Å². The monoisotopic (exact) mass is 491 g/mol. The van der Waals surface area contributed by atoms with E-state index in [1.54, 1.807) is 19.1 Å². The van der Waals surface area contributed by atoms with Gasteiger partial charge in [0.05, 0.1) is 4.83 Å². The number of carbonyl (C=O) groups is 1. The molecule has 1 atom stereocenters. The van der Waals surface area contributed by atoms with Gasteiger partial charge < -0.3 is 14.4 Å². The van der Waals surface area contributed by atoms with E-state index in [1.807, 2.05) is 18.2 Å². The zero-order valence-corrected chi connectivity index (χ0v) is 17.7. The summed E-state index contributed by atoms with van der Waals surface area (Å²) in [6, 6.07) is 5.59. The fourth-order valence-corrected chi connectivity index (χ4v) is 2.91. The van der Waals surface area contributed by atoms with Gasteiger partial charge in [-0.2, -0.15) is 0 Å². The molecular weight excluding hydrogens is 479 g/mol. The van der Waals surface area contributed by atoms with Crippen molar-refractivity contribution in [1.82, 2.24) is 4.90 Å². The Bertz CT molecular complexity index is 551. The molecule has 1 aromatic carbocycles. The van der Waals surface area contributed by atoms with E-state index >= 15 is 0 Å². The topological polar surface area (TPSA) is 38.8 Å². The van der Waals surface area contributed by atoms with Crippen LogP contribution in [0.1, 0.15) is 12.0 Å². The maximum absolute atomic E-state index is 12.0. The fourth-order valence-electron chi connectivity index (χ4n) is 1.89. The van der Waals surface area contributed by atoms with Crippen molar-refractivity contribution in [3.05, 3.63) is 34.3 Å². The van der Waals surface area contributed by atoms with E-state index in [4.69, 9.17) is 9.47 Å². The molecule has 0 bridgehead atoms. The summed E-state index contributed by atoms with van der Waals surface area (Å²) in [6.45, 7) is 0.199. The van der Waals surface area contributed by atoms with E-state index in [0.29, 0.717) is 12.2 Å². The largest absolute Gasteiger partial charge is 0.468 e. The molecule has 0 spiro atoms. The molecule has 1 unspecified atom stereocenters. The molecule has 111 valence electrons. The van der Waals surface area contributed by atoms with Crippen LogP contribution in [0.3, 0.4) is 0 Å². The molecule has 0 N–H and O–H groups in total. The minimum atomic E-state index is -0.195. The van der Waals surface area contributed by atoms with Crippen molar-refractivity contribution in [1.29, 1.82) is 0 Å². The number of ether oxygens (including phenoxy) is 2. The smallest absolute Gasteiger partial charge is 0.236 e. The average Bonchev–Trinajstić information content (AvgIpc) is 2.44. The average molecular weight is 493 g/mol. The number of allylic oxidation sites excluding steroid dienone is 1. The Labute approximate surface area is 166 Å². The number of rotatable bonds is 4. The maximum atomic E-state index is 12.0. The van der Waals surface area contributed by atoms with Gasteiger partial charge in [0, 0.05) is 46.9 Å². The molecule has 1 aliphatic rings. The van der Waals surface area contributed by atoms with Crippen LogP contribution in [0.4, 0.5) is 0 Å². The first-order chi connectivity index (χ1) is 9.54. The van der Waals surface area contributed by atoms with E-state index in [2.05, 4.69) is 37.9 Å². The van der Waals surface area contributed by atoms with E-state index < -0.39 is 0 Å². The summed E-state index contributed by atoms with van der Waals surface area (Å²) in [4.78, 5) is 13.4. The number of hydrogen-bond donors (Lipinski definition) is 0. The Balaban J connectivity index is 0.00000220. The standard InChI is InChI=1S/C14H14Br2NO3.Y/c1-17-13(6-5-11(15)14(17)18)10-4-3-9(7-12(10)16)20-8-19-2;/h3-4,7,11H,5,8H2,1-2H3;/q-1;. The molecule has 0 saturated heterocycles. The molecule has 1 amide bonds. The summed E-state index contributed by atoms with van der Waals surface area (Å²) < 4.78 is 11.1. The van der Waals surface area contributed by atoms with Gasteiger partial charge in [0.1, 0.15) is 5.75 Å². The van der Waals surface area contributed by atoms with Gasteiger partial charge in [-0.05, 0) is 12.1 Å². The summed E-state index contributed by atoms with van der Waals surface area (Å²) in [5, 5.41) is 0. The van der Waals surface area contributed by atoms with Crippen molar-refractivity contribution in [2.24, 2.45) is 0 Å². The van der Waals surface area contributed by atoms with Crippen molar-refractivity contribution in [3.8, 4) is 5.75 Å². The third-order valence-electron chi connectivity index (χ3n) is 2.92. The Kier molecular flexibility index (Phi) is 8.06. The van der Waals surface area contributed by atoms with E-state index in [9.17, 15) is 4.79 Å². The molecule has 0 saturated carbocycles. The third kappa shape index (κ3) is 4.61. The third-order valence-corrected chi connectivity index (χ3v) is 4.29. The predicted molar refractivity (Wildman–Crippen MR) is 83.4 cm³/mol. The first kappa shape index (κ1) is 19.3. The minimum Gasteiger partial charge on any atom is -0.468 e. The molecule has 0 fully saturated rings. The van der Waals surface area contributed by atoms with Crippen LogP contribution in [0.5, 0.6) is 5.75 Å². The number of alkyl halides is 1. The van der Waals surface area contributed by atoms with E-state index in [0.717, 1.165) is 15.7 Å². The van der Waals surface area contributed by atoms with Crippen molar-refractivity contribution < 1.29 is 47.0 Å². The Hall–Kier alpha value is 0.254. The van der Waals surface area contributed by atoms with Crippen LogP contribution < -0.4 is 4.74 Å². The molecule has 0 aliphatic carbocycles. The molecule has 1 aliphatic heterocycles. The summed E-state index contributed by atoms with van der Waals surface area (Å²) >= 11 is 6.85. The quantitative estimate of drug-likeness (QED) is 0.368. The van der Waals surface area contributed by atoms with Crippen LogP contribution in [0.25, 0.3) is 5.70 Å². The van der Waals surface area contributed by atoms with Gasteiger partial charge in [0.25, 0.3) is 0 Å². The molecule has 1 aromatic rings. The first-order valence-corrected chi connectivity index (χ1v) is 7.69. The van der Waals surface area contributed by atoms with Crippen molar-refractivity contribution in [2.45, 2.75) is 11.2 Å². The zero-order valence-electron chi connectivity index (χ0n) is 11.7. The number of halogens is 2. The van der Waals surface area contributed by atoms with Crippen LogP contribution in [-0.2, 0) is 42.2 Å². The van der Waals surface area contributed by atoms with Crippen molar-refractivity contribution in [2.75, 3.05) is 21.0 Å². The number of amides is 1. The van der Waals surface area contributed by atoms with Gasteiger partial charge in [-0.1, -0.05) is 42.8 Å². The second-order valence-electron chi connectivity index (χ2n) is 4.29. The van der Waals surface area contributed by atoms with Gasteiger partial charge in [0.15, 0.2) is 6.79 Å². The van der Waals surface area contributed by atoms with E-state index in [1.165, 1.54) is 0 Å². The van der Waals surface area contributed by atoms with Gasteiger partial charge in [-0.15, -0.1) is 17.3 Å². The number of benzene rings is 1. The van der Waals surface area contributed by atoms with Crippen molar-refractivity contribution in [3.63, 3.8) is 0 Å². The molecular formula is C14H14Br2NO3Y-. The second-order valence-corrected chi connectivity index (χ2v) is 6.25. The summed E-state index contributed by atoms with van der Waals surface area (Å²) in [7, 11) is 3.32. The predicted octanol–water partition coefficient (Wildman–Crippen LogP) is 3.20. The number of nitrogens with zero attached hydrogens (tertiary/aromatic N) is 1. The number of hydrogen-bond acceptors (Lipinski definition) is 3. The Morgan fingerprint density at radius 3 is 2.81 bits per heavy atom. The number of methoxy groups -OCH3 is 1. The fraction of sp³-hybridized carbons (Fsp3) is 0.357. The normalized spacial score (nSPS) is 18.1. The van der Waals surface area contributed by atoms with Crippen LogP contribution in [0.2, 0.25) is 0 Å². The summed E-state index contributed by atoms with van der Waals surface area (Å²) in [5.74, 6) is 0.733. The first-order valence-electron chi connectivity index (χ1n) is 5.98. The van der Waals surface area contributed by atoms with Crippen molar-refractivity contribution >= 4 is 43.5 Å². The van der Waals surface area contributed by atoms with Crippen LogP contribution in [-0.4, -0.2) is 36.6 Å². The van der Waals surface area contributed by atoms with Gasteiger partial charge in [0.2, 0.25) is 5.91 Å². The SMILES string of the molecule is COCOc1ccc(C2=[C-]CC(Br)C(=O)N2C)c(Br)c1.[Y]. The second kappa shape index (κ2) is 8.77. The molecule has 21 heavy (non-hydrogen) atoms. The van der Waals surface area contributed by atoms with Gasteiger partial charge in [-0.25, -0.2) is 6.08 Å². The van der Waals surface area contributed by atoms with Gasteiger partial charge in [-0.3, -0.25) is 4.79 Å². The Morgan fingerprint density at radius 1 is 1.48 bits per heavy atom. The van der Waals surface area contributed by atoms with Gasteiger partial charge >= 0.3 is 0 Å². The zero-order chi connectivity index (χ0) is 14.7. The van der Waals surface area contributed by atoms with E-state index in [-0.39, 0.29) is 50.2 Å². The Morgan fingerprint density at radius 2 is 2.19 bits per heavy atom. The molecule has 0 aromatic heterocycles. The molecule has 7 heteroatoms. The molecule has 2 rings (SSSR count). The van der Waals surface area contributed by atoms with Crippen LogP contribution in [0.15, 0.2) is 22.7 Å².